The van der Waals surface area contributed by atoms with E-state index in [1.165, 1.54) is 23.0 Å². The number of allylic oxidation sites excluding steroid dienone is 1. The fraction of sp³-hybridized carbons (Fsp3) is 0.321. The first-order valence-corrected chi connectivity index (χ1v) is 13.7. The van der Waals surface area contributed by atoms with E-state index in [1.54, 1.807) is 33.1 Å². The second-order valence-electron chi connectivity index (χ2n) is 8.77. The lowest BCUT2D eigenvalue weighted by Crippen LogP contribution is -2.40. The van der Waals surface area contributed by atoms with E-state index >= 15 is 0 Å². The molecular weight excluding hydrogens is 572 g/mol. The average molecular weight is 602 g/mol. The van der Waals surface area contributed by atoms with Crippen LogP contribution < -0.4 is 29.1 Å². The van der Waals surface area contributed by atoms with Gasteiger partial charge in [0.05, 0.1) is 48.8 Å². The van der Waals surface area contributed by atoms with Crippen molar-refractivity contribution in [3.05, 3.63) is 83.0 Å². The number of thiazole rings is 1. The normalized spacial score (nSPS) is 15.3. The topological polar surface area (TPSA) is 88.4 Å². The summed E-state index contributed by atoms with van der Waals surface area (Å²) >= 11 is 4.87. The number of halogens is 1. The standard InChI is InChI=1S/C28H29BrN2O6S/c1-7-36-27(33)24-16(4)30-28-31(25(24)19-13-21(34-5)22(35-6)14-20(19)29)26(32)23(38-28)12-17-8-10-18(11-9-17)37-15(2)3/h8-15,25H,7H2,1-6H3/b23-12-/t25-/m1/s1. The Morgan fingerprint density at radius 1 is 1.16 bits per heavy atom. The molecule has 0 fully saturated rings. The average Bonchev–Trinajstić information content (AvgIpc) is 3.18. The minimum absolute atomic E-state index is 0.0669. The second kappa shape index (κ2) is 11.6. The maximum atomic E-state index is 13.8. The SMILES string of the molecule is CCOC(=O)C1=C(C)N=c2s/c(=C\c3ccc(OC(C)C)cc3)c(=O)n2[C@@H]1c1cc(OC)c(OC)cc1Br. The minimum Gasteiger partial charge on any atom is -0.493 e. The fourth-order valence-corrected chi connectivity index (χ4v) is 5.82. The highest BCUT2D eigenvalue weighted by molar-refractivity contribution is 9.10. The molecule has 0 spiro atoms. The summed E-state index contributed by atoms with van der Waals surface area (Å²) < 4.78 is 24.7. The van der Waals surface area contributed by atoms with Crippen LogP contribution in [-0.4, -0.2) is 37.5 Å². The van der Waals surface area contributed by atoms with Gasteiger partial charge in [0.2, 0.25) is 0 Å². The van der Waals surface area contributed by atoms with Crippen molar-refractivity contribution in [2.75, 3.05) is 20.8 Å². The quantitative estimate of drug-likeness (QED) is 0.357. The fourth-order valence-electron chi connectivity index (χ4n) is 4.23. The van der Waals surface area contributed by atoms with Crippen LogP contribution in [0.15, 0.2) is 61.9 Å². The molecule has 0 unspecified atom stereocenters. The Kier molecular flexibility index (Phi) is 8.42. The first-order valence-electron chi connectivity index (χ1n) is 12.1. The lowest BCUT2D eigenvalue weighted by Gasteiger charge is -2.26. The molecule has 4 rings (SSSR count). The number of nitrogens with zero attached hydrogens (tertiary/aromatic N) is 2. The lowest BCUT2D eigenvalue weighted by atomic mass is 9.95. The van der Waals surface area contributed by atoms with E-state index in [4.69, 9.17) is 18.9 Å². The van der Waals surface area contributed by atoms with Gasteiger partial charge in [0.1, 0.15) is 5.75 Å². The maximum absolute atomic E-state index is 13.8. The molecule has 2 aromatic carbocycles. The number of benzene rings is 2. The number of fused-ring (bicyclic) bond motifs is 1. The highest BCUT2D eigenvalue weighted by Crippen LogP contribution is 2.40. The summed E-state index contributed by atoms with van der Waals surface area (Å²) in [5, 5.41) is 0. The number of carbonyl (C=O) groups excluding carboxylic acids is 1. The third-order valence-corrected chi connectivity index (χ3v) is 7.53. The summed E-state index contributed by atoms with van der Waals surface area (Å²) in [6, 6.07) is 10.3. The molecule has 1 atom stereocenters. The van der Waals surface area contributed by atoms with Gasteiger partial charge in [-0.15, -0.1) is 0 Å². The zero-order valence-electron chi connectivity index (χ0n) is 22.0. The van der Waals surface area contributed by atoms with Crippen LogP contribution >= 0.6 is 27.3 Å². The number of esters is 1. The molecule has 0 N–H and O–H groups in total. The van der Waals surface area contributed by atoms with Crippen LogP contribution in [0.25, 0.3) is 6.08 Å². The predicted octanol–water partition coefficient (Wildman–Crippen LogP) is 4.37. The van der Waals surface area contributed by atoms with Crippen molar-refractivity contribution in [3.8, 4) is 17.2 Å². The third kappa shape index (κ3) is 5.42. The number of methoxy groups -OCH3 is 2. The second-order valence-corrected chi connectivity index (χ2v) is 10.6. The van der Waals surface area contributed by atoms with Gasteiger partial charge in [0, 0.05) is 4.47 Å². The van der Waals surface area contributed by atoms with Crippen molar-refractivity contribution in [2.45, 2.75) is 39.8 Å². The Labute approximate surface area is 233 Å². The van der Waals surface area contributed by atoms with Crippen LogP contribution in [0.2, 0.25) is 0 Å². The first-order chi connectivity index (χ1) is 18.2. The zero-order chi connectivity index (χ0) is 27.6. The Hall–Kier alpha value is -3.37. The lowest BCUT2D eigenvalue weighted by molar-refractivity contribution is -0.139. The smallest absolute Gasteiger partial charge is 0.338 e. The first kappa shape index (κ1) is 27.7. The summed E-state index contributed by atoms with van der Waals surface area (Å²) in [6.45, 7) is 7.61. The number of rotatable bonds is 8. The Bertz CT molecular complexity index is 1570. The van der Waals surface area contributed by atoms with Gasteiger partial charge in [-0.05, 0) is 69.2 Å². The van der Waals surface area contributed by atoms with Gasteiger partial charge in [-0.3, -0.25) is 9.36 Å². The summed E-state index contributed by atoms with van der Waals surface area (Å²) in [7, 11) is 3.08. The van der Waals surface area contributed by atoms with Crippen molar-refractivity contribution < 1.29 is 23.7 Å². The van der Waals surface area contributed by atoms with E-state index < -0.39 is 12.0 Å². The van der Waals surface area contributed by atoms with Crippen LogP contribution in [0.1, 0.15) is 44.9 Å². The molecule has 10 heteroatoms. The van der Waals surface area contributed by atoms with Gasteiger partial charge >= 0.3 is 5.97 Å². The molecule has 38 heavy (non-hydrogen) atoms. The monoisotopic (exact) mass is 600 g/mol. The summed E-state index contributed by atoms with van der Waals surface area (Å²) in [6.07, 6.45) is 1.88. The molecule has 1 aliphatic heterocycles. The number of ether oxygens (including phenoxy) is 4. The largest absolute Gasteiger partial charge is 0.493 e. The van der Waals surface area contributed by atoms with Gasteiger partial charge in [0.25, 0.3) is 5.56 Å². The van der Waals surface area contributed by atoms with E-state index in [0.717, 1.165) is 11.3 Å². The highest BCUT2D eigenvalue weighted by Gasteiger charge is 2.35. The third-order valence-electron chi connectivity index (χ3n) is 5.86. The molecule has 200 valence electrons. The van der Waals surface area contributed by atoms with Crippen LogP contribution in [0.5, 0.6) is 17.2 Å². The van der Waals surface area contributed by atoms with Gasteiger partial charge in [-0.25, -0.2) is 9.79 Å². The number of hydrogen-bond donors (Lipinski definition) is 0. The summed E-state index contributed by atoms with van der Waals surface area (Å²) in [4.78, 5) is 32.1. The van der Waals surface area contributed by atoms with Crippen molar-refractivity contribution in [1.29, 1.82) is 0 Å². The highest BCUT2D eigenvalue weighted by atomic mass is 79.9. The molecule has 0 bridgehead atoms. The molecule has 0 amide bonds. The van der Waals surface area contributed by atoms with Crippen molar-refractivity contribution in [3.63, 3.8) is 0 Å². The van der Waals surface area contributed by atoms with Gasteiger partial charge in [0.15, 0.2) is 16.3 Å². The van der Waals surface area contributed by atoms with Crippen molar-refractivity contribution in [1.82, 2.24) is 4.57 Å². The summed E-state index contributed by atoms with van der Waals surface area (Å²) in [5.74, 6) is 1.20. The van der Waals surface area contributed by atoms with Crippen molar-refractivity contribution >= 4 is 39.3 Å². The van der Waals surface area contributed by atoms with Gasteiger partial charge < -0.3 is 18.9 Å². The van der Waals surface area contributed by atoms with Gasteiger partial charge in [-0.2, -0.15) is 0 Å². The Morgan fingerprint density at radius 2 is 1.82 bits per heavy atom. The van der Waals surface area contributed by atoms with Crippen LogP contribution in [0, 0.1) is 0 Å². The molecule has 3 aromatic rings. The number of carbonyl (C=O) groups is 1. The van der Waals surface area contributed by atoms with Crippen LogP contribution in [-0.2, 0) is 9.53 Å². The van der Waals surface area contributed by atoms with E-state index in [1.807, 2.05) is 44.2 Å². The van der Waals surface area contributed by atoms with E-state index in [-0.39, 0.29) is 23.8 Å². The molecule has 1 aromatic heterocycles. The molecular formula is C28H29BrN2O6S. The number of aromatic nitrogens is 1. The zero-order valence-corrected chi connectivity index (χ0v) is 24.4. The van der Waals surface area contributed by atoms with Crippen LogP contribution in [0.4, 0.5) is 0 Å². The van der Waals surface area contributed by atoms with E-state index in [0.29, 0.717) is 36.6 Å². The minimum atomic E-state index is -0.788. The molecule has 1 aliphatic rings. The van der Waals surface area contributed by atoms with Crippen molar-refractivity contribution in [2.24, 2.45) is 4.99 Å². The summed E-state index contributed by atoms with van der Waals surface area (Å²) in [5.41, 5.74) is 1.99. The van der Waals surface area contributed by atoms with Gasteiger partial charge in [-0.1, -0.05) is 39.4 Å². The van der Waals surface area contributed by atoms with E-state index in [2.05, 4.69) is 20.9 Å². The number of hydrogen-bond acceptors (Lipinski definition) is 8. The molecule has 0 aliphatic carbocycles. The van der Waals surface area contributed by atoms with E-state index in [9.17, 15) is 9.59 Å². The predicted molar refractivity (Wildman–Crippen MR) is 150 cm³/mol. The molecule has 8 nitrogen and oxygen atoms in total. The maximum Gasteiger partial charge on any atom is 0.338 e. The molecule has 0 radical (unpaired) electrons. The Balaban J connectivity index is 1.92. The Morgan fingerprint density at radius 3 is 2.42 bits per heavy atom. The van der Waals surface area contributed by atoms with Crippen LogP contribution in [0.3, 0.4) is 0 Å². The molecule has 0 saturated heterocycles. The molecule has 2 heterocycles. The molecule has 0 saturated carbocycles.